The summed E-state index contributed by atoms with van der Waals surface area (Å²) in [5.41, 5.74) is 2.84. The molecule has 2 aromatic rings. The Bertz CT molecular complexity index is 1130. The maximum atomic E-state index is 12.4. The fourth-order valence-electron chi connectivity index (χ4n) is 3.22. The van der Waals surface area contributed by atoms with Crippen LogP contribution < -0.4 is 16.0 Å². The van der Waals surface area contributed by atoms with Crippen molar-refractivity contribution >= 4 is 29.3 Å². The van der Waals surface area contributed by atoms with Crippen LogP contribution in [0, 0.1) is 18.8 Å². The summed E-state index contributed by atoms with van der Waals surface area (Å²) in [6, 6.07) is 7.48. The number of hydrogen-bond donors (Lipinski definition) is 3. The Morgan fingerprint density at radius 1 is 1.13 bits per heavy atom. The molecule has 1 aromatic heterocycles. The lowest BCUT2D eigenvalue weighted by atomic mass is 10.2. The Labute approximate surface area is 227 Å². The van der Waals surface area contributed by atoms with E-state index in [0.29, 0.717) is 37.7 Å². The molecule has 0 aliphatic heterocycles. The fourth-order valence-corrected chi connectivity index (χ4v) is 3.22. The van der Waals surface area contributed by atoms with Crippen LogP contribution in [0.5, 0.6) is 0 Å². The zero-order valence-corrected chi connectivity index (χ0v) is 23.5. The van der Waals surface area contributed by atoms with E-state index in [1.807, 2.05) is 50.2 Å². The van der Waals surface area contributed by atoms with Gasteiger partial charge < -0.3 is 25.8 Å². The van der Waals surface area contributed by atoms with E-state index in [1.165, 1.54) is 16.5 Å². The first-order valence-corrected chi connectivity index (χ1v) is 13.0. The van der Waals surface area contributed by atoms with Gasteiger partial charge in [0.2, 0.25) is 17.8 Å². The van der Waals surface area contributed by atoms with Crippen LogP contribution >= 0.6 is 0 Å². The average molecular weight is 520 g/mol. The summed E-state index contributed by atoms with van der Waals surface area (Å²) < 4.78 is 0. The van der Waals surface area contributed by atoms with E-state index >= 15 is 0 Å². The van der Waals surface area contributed by atoms with Crippen molar-refractivity contribution in [1.29, 1.82) is 0 Å². The minimum Gasteiger partial charge on any atom is -0.369 e. The number of likely N-dealkylation sites (N-methyl/N-ethyl adjacent to an activating group) is 2. The van der Waals surface area contributed by atoms with Gasteiger partial charge in [-0.1, -0.05) is 42.5 Å². The lowest BCUT2D eigenvalue weighted by Gasteiger charge is -2.23. The number of aromatic nitrogens is 2. The Hall–Kier alpha value is -3.90. The summed E-state index contributed by atoms with van der Waals surface area (Å²) in [5.74, 6) is 7.11. The number of amides is 2. The third-order valence-corrected chi connectivity index (χ3v) is 5.68. The standard InChI is InChI=1S/C29H41N7O2/c1-7-18-30-27-24(21-32-29(34-27)33-25-16-14-22(2)15-17-25)12-9-8-10-19-31-28(38)23(3)36(6)26(37)13-11-20-35(4)5/h11,13-17,21,23H,7-8,10,18-20H2,1-6H3,(H,31,38)(H2,30,32,33,34)/t23-/m0/s1. The largest absolute Gasteiger partial charge is 0.369 e. The zero-order chi connectivity index (χ0) is 27.9. The number of aryl methyl sites for hydroxylation is 1. The Balaban J connectivity index is 1.87. The molecule has 0 bridgehead atoms. The van der Waals surface area contributed by atoms with E-state index in [4.69, 9.17) is 0 Å². The van der Waals surface area contributed by atoms with Gasteiger partial charge in [-0.3, -0.25) is 9.59 Å². The second-order valence-electron chi connectivity index (χ2n) is 9.36. The average Bonchev–Trinajstić information content (AvgIpc) is 2.90. The van der Waals surface area contributed by atoms with Crippen molar-refractivity contribution in [3.63, 3.8) is 0 Å². The fraction of sp³-hybridized carbons (Fsp3) is 0.448. The van der Waals surface area contributed by atoms with E-state index in [1.54, 1.807) is 26.2 Å². The molecule has 2 rings (SSSR count). The van der Waals surface area contributed by atoms with E-state index in [2.05, 4.69) is 44.7 Å². The van der Waals surface area contributed by atoms with Crippen LogP contribution in [0.15, 0.2) is 42.6 Å². The highest BCUT2D eigenvalue weighted by Gasteiger charge is 2.20. The quantitative estimate of drug-likeness (QED) is 0.211. The van der Waals surface area contributed by atoms with Crippen molar-refractivity contribution in [2.24, 2.45) is 0 Å². The molecule has 0 radical (unpaired) electrons. The van der Waals surface area contributed by atoms with Gasteiger partial charge in [0.1, 0.15) is 11.9 Å². The van der Waals surface area contributed by atoms with E-state index < -0.39 is 6.04 Å². The molecule has 0 aliphatic rings. The molecule has 1 heterocycles. The highest BCUT2D eigenvalue weighted by molar-refractivity contribution is 5.92. The number of unbranched alkanes of at least 4 members (excludes halogenated alkanes) is 1. The van der Waals surface area contributed by atoms with Gasteiger partial charge >= 0.3 is 0 Å². The van der Waals surface area contributed by atoms with Gasteiger partial charge in [-0.2, -0.15) is 4.98 Å². The Kier molecular flexibility index (Phi) is 12.8. The molecule has 9 nitrogen and oxygen atoms in total. The van der Waals surface area contributed by atoms with Crippen LogP contribution in [-0.4, -0.2) is 78.4 Å². The number of carbonyl (C=O) groups is 2. The van der Waals surface area contributed by atoms with E-state index in [9.17, 15) is 9.59 Å². The van der Waals surface area contributed by atoms with Crippen LogP contribution in [-0.2, 0) is 9.59 Å². The second-order valence-corrected chi connectivity index (χ2v) is 9.36. The maximum absolute atomic E-state index is 12.4. The minimum absolute atomic E-state index is 0.189. The van der Waals surface area contributed by atoms with Crippen LogP contribution in [0.3, 0.4) is 0 Å². The molecule has 1 aromatic carbocycles. The third-order valence-electron chi connectivity index (χ3n) is 5.68. The second kappa shape index (κ2) is 16.0. The van der Waals surface area contributed by atoms with Gasteiger partial charge in [0.15, 0.2) is 0 Å². The SMILES string of the molecule is CCCNc1nc(Nc2ccc(C)cc2)ncc1C#CCCCNC(=O)[C@H](C)N(C)C(=O)C=CCN(C)C. The first-order valence-electron chi connectivity index (χ1n) is 13.0. The number of hydrogen-bond acceptors (Lipinski definition) is 7. The van der Waals surface area contributed by atoms with Gasteiger partial charge in [-0.15, -0.1) is 0 Å². The predicted octanol–water partition coefficient (Wildman–Crippen LogP) is 3.56. The van der Waals surface area contributed by atoms with Crippen molar-refractivity contribution in [3.8, 4) is 11.8 Å². The number of rotatable bonds is 13. The summed E-state index contributed by atoms with van der Waals surface area (Å²) in [4.78, 5) is 37.1. The van der Waals surface area contributed by atoms with Crippen LogP contribution in [0.2, 0.25) is 0 Å². The molecule has 0 spiro atoms. The van der Waals surface area contributed by atoms with Crippen LogP contribution in [0.1, 0.15) is 44.2 Å². The predicted molar refractivity (Wildman–Crippen MR) is 154 cm³/mol. The van der Waals surface area contributed by atoms with Gasteiger partial charge in [-0.05, 0) is 52.9 Å². The molecule has 0 saturated heterocycles. The molecule has 0 saturated carbocycles. The van der Waals surface area contributed by atoms with Gasteiger partial charge in [-0.25, -0.2) is 4.98 Å². The molecule has 204 valence electrons. The monoisotopic (exact) mass is 519 g/mol. The first-order chi connectivity index (χ1) is 18.2. The molecular formula is C29H41N7O2. The van der Waals surface area contributed by atoms with Crippen LogP contribution in [0.25, 0.3) is 0 Å². The van der Waals surface area contributed by atoms with Crippen molar-refractivity contribution in [1.82, 2.24) is 25.1 Å². The number of anilines is 3. The Morgan fingerprint density at radius 2 is 1.87 bits per heavy atom. The number of benzene rings is 1. The minimum atomic E-state index is -0.561. The van der Waals surface area contributed by atoms with E-state index in [-0.39, 0.29) is 11.8 Å². The van der Waals surface area contributed by atoms with Crippen molar-refractivity contribution in [2.75, 3.05) is 51.4 Å². The van der Waals surface area contributed by atoms with Crippen molar-refractivity contribution in [2.45, 2.75) is 46.1 Å². The lowest BCUT2D eigenvalue weighted by molar-refractivity contribution is -0.135. The van der Waals surface area contributed by atoms with Gasteiger partial charge in [0.25, 0.3) is 0 Å². The van der Waals surface area contributed by atoms with Crippen molar-refractivity contribution < 1.29 is 9.59 Å². The molecular weight excluding hydrogens is 478 g/mol. The highest BCUT2D eigenvalue weighted by Crippen LogP contribution is 2.17. The summed E-state index contributed by atoms with van der Waals surface area (Å²) in [7, 11) is 5.48. The maximum Gasteiger partial charge on any atom is 0.246 e. The number of carbonyl (C=O) groups excluding carboxylic acids is 2. The molecule has 0 fully saturated rings. The van der Waals surface area contributed by atoms with E-state index in [0.717, 1.165) is 24.2 Å². The van der Waals surface area contributed by atoms with Gasteiger partial charge in [0.05, 0.1) is 11.8 Å². The summed E-state index contributed by atoms with van der Waals surface area (Å²) in [5, 5.41) is 9.44. The molecule has 0 aliphatic carbocycles. The first kappa shape index (κ1) is 30.3. The topological polar surface area (TPSA) is 102 Å². The normalized spacial score (nSPS) is 11.6. The molecule has 3 N–H and O–H groups in total. The molecule has 0 unspecified atom stereocenters. The molecule has 1 atom stereocenters. The van der Waals surface area contributed by atoms with Crippen LogP contribution in [0.4, 0.5) is 17.5 Å². The third kappa shape index (κ3) is 10.6. The summed E-state index contributed by atoms with van der Waals surface area (Å²) in [6.45, 7) is 7.78. The smallest absolute Gasteiger partial charge is 0.246 e. The molecule has 38 heavy (non-hydrogen) atoms. The number of nitrogens with zero attached hydrogens (tertiary/aromatic N) is 4. The lowest BCUT2D eigenvalue weighted by Crippen LogP contribution is -2.45. The summed E-state index contributed by atoms with van der Waals surface area (Å²) in [6.07, 6.45) is 7.26. The summed E-state index contributed by atoms with van der Waals surface area (Å²) >= 11 is 0. The molecule has 2 amide bonds. The Morgan fingerprint density at radius 3 is 2.55 bits per heavy atom. The van der Waals surface area contributed by atoms with Gasteiger partial charge in [0, 0.05) is 44.9 Å². The highest BCUT2D eigenvalue weighted by atomic mass is 16.2. The van der Waals surface area contributed by atoms with Crippen molar-refractivity contribution in [3.05, 3.63) is 53.7 Å². The zero-order valence-electron chi connectivity index (χ0n) is 23.5. The molecule has 9 heteroatoms. The number of nitrogens with one attached hydrogen (secondary N) is 3.